The molecule has 0 aromatic heterocycles. The van der Waals surface area contributed by atoms with Gasteiger partial charge >= 0.3 is 0 Å². The van der Waals surface area contributed by atoms with E-state index >= 15 is 0 Å². The van der Waals surface area contributed by atoms with Crippen molar-refractivity contribution >= 4 is 5.69 Å². The average Bonchev–Trinajstić information content (AvgIpc) is 2.33. The molecule has 1 rings (SSSR count). The van der Waals surface area contributed by atoms with Crippen molar-refractivity contribution in [3.8, 4) is 0 Å². The minimum absolute atomic E-state index is 0.0244. The Bertz CT molecular complexity index is 427. The van der Waals surface area contributed by atoms with Gasteiger partial charge in [-0.2, -0.15) is 0 Å². The Kier molecular flexibility index (Phi) is 5.44. The van der Waals surface area contributed by atoms with E-state index in [0.29, 0.717) is 6.54 Å². The Balaban J connectivity index is 2.86. The summed E-state index contributed by atoms with van der Waals surface area (Å²) in [5.41, 5.74) is 0.191. The number of hydrogen-bond acceptors (Lipinski definition) is 4. The van der Waals surface area contributed by atoms with Gasteiger partial charge in [0.15, 0.2) is 0 Å². The van der Waals surface area contributed by atoms with Crippen molar-refractivity contribution in [1.82, 2.24) is 5.32 Å². The van der Waals surface area contributed by atoms with Crippen molar-refractivity contribution in [1.29, 1.82) is 0 Å². The zero-order valence-electron chi connectivity index (χ0n) is 11.7. The fourth-order valence-electron chi connectivity index (χ4n) is 1.90. The molecule has 2 N–H and O–H groups in total. The predicted octanol–water partition coefficient (Wildman–Crippen LogP) is 2.80. The third kappa shape index (κ3) is 5.36. The van der Waals surface area contributed by atoms with Crippen LogP contribution in [0.5, 0.6) is 0 Å². The van der Waals surface area contributed by atoms with Crippen molar-refractivity contribution in [2.45, 2.75) is 45.3 Å². The number of nitro groups is 1. The molecule has 0 aliphatic carbocycles. The quantitative estimate of drug-likeness (QED) is 0.588. The van der Waals surface area contributed by atoms with E-state index in [1.807, 2.05) is 6.07 Å². The van der Waals surface area contributed by atoms with Crippen molar-refractivity contribution in [2.75, 3.05) is 6.54 Å². The van der Waals surface area contributed by atoms with Crippen LogP contribution in [0, 0.1) is 10.1 Å². The number of aliphatic hydroxyl groups is 1. The Hall–Kier alpha value is -1.46. The van der Waals surface area contributed by atoms with Crippen LogP contribution in [0.2, 0.25) is 0 Å². The van der Waals surface area contributed by atoms with Crippen molar-refractivity contribution in [3.05, 3.63) is 39.9 Å². The fourth-order valence-corrected chi connectivity index (χ4v) is 1.90. The van der Waals surface area contributed by atoms with Gasteiger partial charge in [-0.3, -0.25) is 10.1 Å². The number of nitrogens with one attached hydrogen (secondary N) is 1. The molecule has 0 amide bonds. The van der Waals surface area contributed by atoms with E-state index in [4.69, 9.17) is 0 Å². The second-order valence-corrected chi connectivity index (χ2v) is 5.39. The maximum absolute atomic E-state index is 10.8. The van der Waals surface area contributed by atoms with Crippen molar-refractivity contribution in [3.63, 3.8) is 0 Å². The molecule has 0 fully saturated rings. The molecule has 0 radical (unpaired) electrons. The normalized spacial score (nSPS) is 13.3. The van der Waals surface area contributed by atoms with Crippen LogP contribution in [0.15, 0.2) is 24.3 Å². The largest absolute Gasteiger partial charge is 0.389 e. The second kappa shape index (κ2) is 6.63. The summed E-state index contributed by atoms with van der Waals surface area (Å²) in [6, 6.07) is 6.68. The fraction of sp³-hybridized carbons (Fsp3) is 0.571. The zero-order chi connectivity index (χ0) is 14.5. The number of nitrogens with zero attached hydrogens (tertiary/aromatic N) is 1. The van der Waals surface area contributed by atoms with E-state index in [1.54, 1.807) is 26.0 Å². The molecular formula is C14H22N2O3. The summed E-state index contributed by atoms with van der Waals surface area (Å²) in [7, 11) is 0. The summed E-state index contributed by atoms with van der Waals surface area (Å²) in [6.07, 6.45) is 1.84. The van der Waals surface area contributed by atoms with Crippen LogP contribution < -0.4 is 5.32 Å². The van der Waals surface area contributed by atoms with E-state index in [2.05, 4.69) is 12.2 Å². The highest BCUT2D eigenvalue weighted by atomic mass is 16.6. The third-order valence-electron chi connectivity index (χ3n) is 2.84. The van der Waals surface area contributed by atoms with Crippen LogP contribution >= 0.6 is 0 Å². The Morgan fingerprint density at radius 1 is 1.47 bits per heavy atom. The molecule has 0 saturated carbocycles. The highest BCUT2D eigenvalue weighted by molar-refractivity contribution is 5.35. The van der Waals surface area contributed by atoms with Gasteiger partial charge in [0.05, 0.1) is 10.5 Å². The first-order valence-corrected chi connectivity index (χ1v) is 6.53. The molecule has 1 unspecified atom stereocenters. The molecule has 1 aromatic rings. The molecule has 5 heteroatoms. The number of non-ortho nitro benzene ring substituents is 1. The monoisotopic (exact) mass is 266 g/mol. The first-order valence-electron chi connectivity index (χ1n) is 6.53. The molecular weight excluding hydrogens is 244 g/mol. The van der Waals surface area contributed by atoms with Crippen molar-refractivity contribution < 1.29 is 10.0 Å². The molecule has 0 heterocycles. The van der Waals surface area contributed by atoms with Gasteiger partial charge < -0.3 is 10.4 Å². The molecule has 5 nitrogen and oxygen atoms in total. The summed E-state index contributed by atoms with van der Waals surface area (Å²) in [4.78, 5) is 10.4. The Morgan fingerprint density at radius 2 is 2.16 bits per heavy atom. The smallest absolute Gasteiger partial charge is 0.269 e. The van der Waals surface area contributed by atoms with Gasteiger partial charge in [-0.25, -0.2) is 0 Å². The number of nitro benzene ring substituents is 1. The predicted molar refractivity (Wildman–Crippen MR) is 75.0 cm³/mol. The molecule has 0 saturated heterocycles. The summed E-state index contributed by atoms with van der Waals surface area (Å²) in [5.74, 6) is 0. The molecule has 0 bridgehead atoms. The van der Waals surface area contributed by atoms with Crippen LogP contribution in [0.1, 0.15) is 45.2 Å². The van der Waals surface area contributed by atoms with Crippen LogP contribution in [-0.2, 0) is 0 Å². The third-order valence-corrected chi connectivity index (χ3v) is 2.84. The van der Waals surface area contributed by atoms with Crippen LogP contribution in [0.4, 0.5) is 5.69 Å². The second-order valence-electron chi connectivity index (χ2n) is 5.39. The summed E-state index contributed by atoms with van der Waals surface area (Å²) in [5, 5.41) is 23.8. The topological polar surface area (TPSA) is 75.4 Å². The molecule has 106 valence electrons. The number of hydrogen-bond donors (Lipinski definition) is 2. The molecule has 0 spiro atoms. The first kappa shape index (κ1) is 15.6. The average molecular weight is 266 g/mol. The first-order chi connectivity index (χ1) is 8.83. The highest BCUT2D eigenvalue weighted by Gasteiger charge is 2.18. The molecule has 0 aliphatic rings. The lowest BCUT2D eigenvalue weighted by molar-refractivity contribution is -0.384. The Morgan fingerprint density at radius 3 is 2.68 bits per heavy atom. The highest BCUT2D eigenvalue weighted by Crippen LogP contribution is 2.23. The van der Waals surface area contributed by atoms with E-state index in [1.165, 1.54) is 6.07 Å². The molecule has 19 heavy (non-hydrogen) atoms. The maximum Gasteiger partial charge on any atom is 0.269 e. The summed E-state index contributed by atoms with van der Waals surface area (Å²) >= 11 is 0. The van der Waals surface area contributed by atoms with Gasteiger partial charge in [0.1, 0.15) is 0 Å². The summed E-state index contributed by atoms with van der Waals surface area (Å²) < 4.78 is 0. The number of benzene rings is 1. The lowest BCUT2D eigenvalue weighted by Gasteiger charge is -2.24. The Labute approximate surface area is 113 Å². The van der Waals surface area contributed by atoms with Gasteiger partial charge in [0, 0.05) is 24.7 Å². The van der Waals surface area contributed by atoms with Gasteiger partial charge in [-0.1, -0.05) is 25.5 Å². The van der Waals surface area contributed by atoms with Crippen LogP contribution in [0.3, 0.4) is 0 Å². The van der Waals surface area contributed by atoms with Gasteiger partial charge in [0.25, 0.3) is 5.69 Å². The van der Waals surface area contributed by atoms with Crippen LogP contribution in [0.25, 0.3) is 0 Å². The zero-order valence-corrected chi connectivity index (χ0v) is 11.7. The summed E-state index contributed by atoms with van der Waals surface area (Å²) in [6.45, 7) is 5.98. The minimum atomic E-state index is -0.799. The van der Waals surface area contributed by atoms with E-state index in [9.17, 15) is 15.2 Å². The lowest BCUT2D eigenvalue weighted by Crippen LogP contribution is -2.36. The van der Waals surface area contributed by atoms with Gasteiger partial charge in [0.2, 0.25) is 0 Å². The maximum atomic E-state index is 10.8. The van der Waals surface area contributed by atoms with Gasteiger partial charge in [-0.15, -0.1) is 0 Å². The standard InChI is InChI=1S/C14H22N2O3/c1-4-6-13(15-10-14(2,3)17)11-7-5-8-12(9-11)16(18)19/h5,7-9,13,15,17H,4,6,10H2,1-3H3. The van der Waals surface area contributed by atoms with E-state index in [0.717, 1.165) is 18.4 Å². The van der Waals surface area contributed by atoms with E-state index in [-0.39, 0.29) is 16.7 Å². The van der Waals surface area contributed by atoms with Gasteiger partial charge in [-0.05, 0) is 25.8 Å². The van der Waals surface area contributed by atoms with Crippen molar-refractivity contribution in [2.24, 2.45) is 0 Å². The molecule has 1 atom stereocenters. The number of rotatable bonds is 7. The lowest BCUT2D eigenvalue weighted by atomic mass is 10.0. The van der Waals surface area contributed by atoms with E-state index < -0.39 is 5.60 Å². The molecule has 1 aromatic carbocycles. The minimum Gasteiger partial charge on any atom is -0.389 e. The molecule has 0 aliphatic heterocycles. The SMILES string of the molecule is CCCC(NCC(C)(C)O)c1cccc([N+](=O)[O-])c1. The van der Waals surface area contributed by atoms with Crippen LogP contribution in [-0.4, -0.2) is 22.2 Å².